The first-order chi connectivity index (χ1) is 11.9. The number of benzene rings is 1. The number of ether oxygens (including phenoxy) is 2. The lowest BCUT2D eigenvalue weighted by Gasteiger charge is -2.39. The number of primary amides is 1. The molecule has 1 heterocycles. The Kier molecular flexibility index (Phi) is 6.12. The molecule has 138 valence electrons. The fraction of sp³-hybridized carbons (Fsp3) is 0.556. The minimum Gasteiger partial charge on any atom is -0.493 e. The molecule has 2 amide bonds. The van der Waals surface area contributed by atoms with Gasteiger partial charge in [0.05, 0.1) is 32.0 Å². The number of carbonyl (C=O) groups is 2. The summed E-state index contributed by atoms with van der Waals surface area (Å²) in [7, 11) is 2.99. The average molecular weight is 349 g/mol. The molecule has 7 heteroatoms. The van der Waals surface area contributed by atoms with Crippen LogP contribution in [0.4, 0.5) is 5.69 Å². The van der Waals surface area contributed by atoms with Gasteiger partial charge in [-0.3, -0.25) is 9.59 Å². The van der Waals surface area contributed by atoms with E-state index in [0.717, 1.165) is 19.3 Å². The van der Waals surface area contributed by atoms with Gasteiger partial charge in [-0.2, -0.15) is 0 Å². The van der Waals surface area contributed by atoms with E-state index in [0.29, 0.717) is 17.2 Å². The number of piperidine rings is 1. The lowest BCUT2D eigenvalue weighted by Crippen LogP contribution is -2.49. The molecule has 0 spiro atoms. The molecule has 1 saturated heterocycles. The van der Waals surface area contributed by atoms with Crippen molar-refractivity contribution in [3.8, 4) is 11.5 Å². The van der Waals surface area contributed by atoms with E-state index in [1.165, 1.54) is 20.3 Å². The summed E-state index contributed by atoms with van der Waals surface area (Å²) in [4.78, 5) is 26.3. The summed E-state index contributed by atoms with van der Waals surface area (Å²) in [5.74, 6) is 0.272. The highest BCUT2D eigenvalue weighted by Gasteiger charge is 2.28. The second kappa shape index (κ2) is 8.09. The van der Waals surface area contributed by atoms with Crippen LogP contribution in [0.3, 0.4) is 0 Å². The monoisotopic (exact) mass is 349 g/mol. The minimum absolute atomic E-state index is 0.00454. The van der Waals surface area contributed by atoms with Gasteiger partial charge in [0, 0.05) is 18.2 Å². The Hall–Kier alpha value is -2.44. The van der Waals surface area contributed by atoms with E-state index >= 15 is 0 Å². The Labute approximate surface area is 148 Å². The summed E-state index contributed by atoms with van der Waals surface area (Å²) in [6.07, 6.45) is 3.17. The first kappa shape index (κ1) is 18.9. The number of likely N-dealkylation sites (tertiary alicyclic amines) is 1. The summed E-state index contributed by atoms with van der Waals surface area (Å²) < 4.78 is 10.5. The summed E-state index contributed by atoms with van der Waals surface area (Å²) in [5.41, 5.74) is 6.16. The maximum atomic E-state index is 12.6. The first-order valence-corrected chi connectivity index (χ1v) is 8.49. The molecule has 0 aliphatic carbocycles. The van der Waals surface area contributed by atoms with Gasteiger partial charge in [-0.25, -0.2) is 0 Å². The van der Waals surface area contributed by atoms with E-state index in [4.69, 9.17) is 15.2 Å². The number of carbonyl (C=O) groups excluding carboxylic acids is 2. The van der Waals surface area contributed by atoms with E-state index in [1.807, 2.05) is 4.90 Å². The molecule has 1 aliphatic heterocycles. The van der Waals surface area contributed by atoms with E-state index in [2.05, 4.69) is 19.2 Å². The number of nitrogens with one attached hydrogen (secondary N) is 1. The molecule has 25 heavy (non-hydrogen) atoms. The van der Waals surface area contributed by atoms with Crippen LogP contribution in [0.15, 0.2) is 12.1 Å². The number of nitrogens with two attached hydrogens (primary N) is 1. The van der Waals surface area contributed by atoms with Gasteiger partial charge in [0.1, 0.15) is 0 Å². The summed E-state index contributed by atoms with van der Waals surface area (Å²) in [5, 5.41) is 3.03. The van der Waals surface area contributed by atoms with E-state index in [1.54, 1.807) is 6.07 Å². The fourth-order valence-electron chi connectivity index (χ4n) is 3.40. The third kappa shape index (κ3) is 4.15. The van der Waals surface area contributed by atoms with Gasteiger partial charge in [-0.1, -0.05) is 0 Å². The minimum atomic E-state index is -0.601. The number of hydrogen-bond acceptors (Lipinski definition) is 5. The zero-order valence-electron chi connectivity index (χ0n) is 15.3. The van der Waals surface area contributed by atoms with Crippen molar-refractivity contribution in [2.45, 2.75) is 45.2 Å². The predicted molar refractivity (Wildman–Crippen MR) is 96.2 cm³/mol. The maximum absolute atomic E-state index is 12.6. The van der Waals surface area contributed by atoms with Crippen molar-refractivity contribution < 1.29 is 19.1 Å². The molecule has 1 aromatic carbocycles. The van der Waals surface area contributed by atoms with Crippen LogP contribution in [0.25, 0.3) is 0 Å². The second-order valence-corrected chi connectivity index (χ2v) is 6.40. The molecular weight excluding hydrogens is 322 g/mol. The van der Waals surface area contributed by atoms with Crippen LogP contribution in [0.5, 0.6) is 11.5 Å². The van der Waals surface area contributed by atoms with Crippen molar-refractivity contribution in [1.82, 2.24) is 4.90 Å². The van der Waals surface area contributed by atoms with Gasteiger partial charge in [-0.05, 0) is 39.2 Å². The van der Waals surface area contributed by atoms with Gasteiger partial charge < -0.3 is 25.4 Å². The van der Waals surface area contributed by atoms with Gasteiger partial charge in [0.2, 0.25) is 5.91 Å². The molecule has 7 nitrogen and oxygen atoms in total. The highest BCUT2D eigenvalue weighted by Crippen LogP contribution is 2.33. The van der Waals surface area contributed by atoms with Gasteiger partial charge in [0.25, 0.3) is 5.91 Å². The molecule has 1 aromatic rings. The lowest BCUT2D eigenvalue weighted by atomic mass is 9.97. The van der Waals surface area contributed by atoms with E-state index < -0.39 is 5.91 Å². The van der Waals surface area contributed by atoms with Crippen LogP contribution in [0.1, 0.15) is 43.5 Å². The SMILES string of the molecule is COc1cc(NCC(=O)N2C(C)CCCC2C)c(C(N)=O)cc1OC. The lowest BCUT2D eigenvalue weighted by molar-refractivity contribution is -0.135. The predicted octanol–water partition coefficient (Wildman–Crippen LogP) is 2.00. The molecule has 0 saturated carbocycles. The van der Waals surface area contributed by atoms with Crippen LogP contribution < -0.4 is 20.5 Å². The van der Waals surface area contributed by atoms with Crippen LogP contribution in [-0.4, -0.2) is 49.6 Å². The largest absolute Gasteiger partial charge is 0.493 e. The number of anilines is 1. The average Bonchev–Trinajstić information content (AvgIpc) is 2.58. The van der Waals surface area contributed by atoms with Crippen molar-refractivity contribution in [3.05, 3.63) is 17.7 Å². The van der Waals surface area contributed by atoms with Crippen molar-refractivity contribution in [3.63, 3.8) is 0 Å². The molecule has 2 rings (SSSR count). The molecule has 1 aliphatic rings. The number of hydrogen-bond donors (Lipinski definition) is 2. The highest BCUT2D eigenvalue weighted by molar-refractivity contribution is 6.00. The summed E-state index contributed by atoms with van der Waals surface area (Å²) in [6.45, 7) is 4.22. The van der Waals surface area contributed by atoms with Crippen molar-refractivity contribution in [1.29, 1.82) is 0 Å². The van der Waals surface area contributed by atoms with Gasteiger partial charge in [0.15, 0.2) is 11.5 Å². The first-order valence-electron chi connectivity index (χ1n) is 8.49. The topological polar surface area (TPSA) is 93.9 Å². The zero-order valence-corrected chi connectivity index (χ0v) is 15.3. The van der Waals surface area contributed by atoms with Crippen molar-refractivity contribution >= 4 is 17.5 Å². The van der Waals surface area contributed by atoms with Gasteiger partial charge >= 0.3 is 0 Å². The second-order valence-electron chi connectivity index (χ2n) is 6.40. The normalized spacial score (nSPS) is 20.1. The number of rotatable bonds is 6. The molecule has 1 fully saturated rings. The number of amides is 2. The van der Waals surface area contributed by atoms with Crippen molar-refractivity contribution in [2.24, 2.45) is 5.73 Å². The number of nitrogens with zero attached hydrogens (tertiary/aromatic N) is 1. The Morgan fingerprint density at radius 2 is 1.72 bits per heavy atom. The Balaban J connectivity index is 2.18. The standard InChI is InChI=1S/C18H27N3O4/c1-11-6-5-7-12(2)21(11)17(22)10-20-14-9-16(25-4)15(24-3)8-13(14)18(19)23/h8-9,11-12,20H,5-7,10H2,1-4H3,(H2,19,23). The Bertz CT molecular complexity index is 637. The van der Waals surface area contributed by atoms with Crippen LogP contribution in [0, 0.1) is 0 Å². The molecule has 0 bridgehead atoms. The molecular formula is C18H27N3O4. The Morgan fingerprint density at radius 1 is 1.16 bits per heavy atom. The number of methoxy groups -OCH3 is 2. The third-order valence-corrected chi connectivity index (χ3v) is 4.70. The quantitative estimate of drug-likeness (QED) is 0.819. The zero-order chi connectivity index (χ0) is 18.6. The smallest absolute Gasteiger partial charge is 0.250 e. The molecule has 2 atom stereocenters. The third-order valence-electron chi connectivity index (χ3n) is 4.70. The summed E-state index contributed by atoms with van der Waals surface area (Å²) in [6, 6.07) is 3.58. The molecule has 3 N–H and O–H groups in total. The molecule has 0 aromatic heterocycles. The van der Waals surface area contributed by atoms with Crippen LogP contribution >= 0.6 is 0 Å². The molecule has 2 unspecified atom stereocenters. The van der Waals surface area contributed by atoms with E-state index in [9.17, 15) is 9.59 Å². The maximum Gasteiger partial charge on any atom is 0.250 e. The Morgan fingerprint density at radius 3 is 2.24 bits per heavy atom. The highest BCUT2D eigenvalue weighted by atomic mass is 16.5. The molecule has 0 radical (unpaired) electrons. The van der Waals surface area contributed by atoms with E-state index in [-0.39, 0.29) is 30.1 Å². The van der Waals surface area contributed by atoms with Gasteiger partial charge in [-0.15, -0.1) is 0 Å². The van der Waals surface area contributed by atoms with Crippen LogP contribution in [0.2, 0.25) is 0 Å². The van der Waals surface area contributed by atoms with Crippen molar-refractivity contribution in [2.75, 3.05) is 26.1 Å². The summed E-state index contributed by atoms with van der Waals surface area (Å²) >= 11 is 0. The van der Waals surface area contributed by atoms with Crippen LogP contribution in [-0.2, 0) is 4.79 Å². The fourth-order valence-corrected chi connectivity index (χ4v) is 3.40.